The van der Waals surface area contributed by atoms with E-state index < -0.39 is 0 Å². The van der Waals surface area contributed by atoms with Crippen LogP contribution in [0.5, 0.6) is 0 Å². The van der Waals surface area contributed by atoms with Crippen LogP contribution in [0, 0.1) is 13.8 Å². The topological polar surface area (TPSA) is 68.0 Å². The van der Waals surface area contributed by atoms with Gasteiger partial charge in [-0.2, -0.15) is 0 Å². The van der Waals surface area contributed by atoms with Crippen molar-refractivity contribution in [2.45, 2.75) is 13.8 Å². The van der Waals surface area contributed by atoms with E-state index in [2.05, 4.69) is 15.3 Å². The number of carbonyl (C=O) groups excluding carboxylic acids is 1. The molecule has 0 fully saturated rings. The molecule has 1 amide bonds. The van der Waals surface area contributed by atoms with E-state index in [4.69, 9.17) is 4.42 Å². The number of amides is 1. The SMILES string of the molecule is Cc1ccc(-c2nc(C(=O)Nc3ncc(C)s3)cs2)o1. The maximum Gasteiger partial charge on any atom is 0.276 e. The molecule has 0 aromatic carbocycles. The molecule has 3 rings (SSSR count). The molecule has 0 spiro atoms. The largest absolute Gasteiger partial charge is 0.459 e. The summed E-state index contributed by atoms with van der Waals surface area (Å²) in [7, 11) is 0. The summed E-state index contributed by atoms with van der Waals surface area (Å²) in [5, 5.41) is 5.72. The van der Waals surface area contributed by atoms with E-state index in [1.165, 1.54) is 22.7 Å². The fourth-order valence-corrected chi connectivity index (χ4v) is 3.03. The molecule has 0 unspecified atom stereocenters. The molecular formula is C13H11N3O2S2. The van der Waals surface area contributed by atoms with Gasteiger partial charge in [0.1, 0.15) is 11.5 Å². The summed E-state index contributed by atoms with van der Waals surface area (Å²) in [5.74, 6) is 1.24. The van der Waals surface area contributed by atoms with Crippen molar-refractivity contribution in [3.63, 3.8) is 0 Å². The number of furan rings is 1. The minimum atomic E-state index is -0.259. The third-order valence-corrected chi connectivity index (χ3v) is 4.21. The number of rotatable bonds is 3. The van der Waals surface area contributed by atoms with Gasteiger partial charge in [-0.3, -0.25) is 10.1 Å². The molecule has 3 aromatic heterocycles. The van der Waals surface area contributed by atoms with Crippen molar-refractivity contribution in [1.82, 2.24) is 9.97 Å². The van der Waals surface area contributed by atoms with E-state index in [-0.39, 0.29) is 5.91 Å². The first kappa shape index (κ1) is 13.0. The lowest BCUT2D eigenvalue weighted by molar-refractivity contribution is 0.102. The van der Waals surface area contributed by atoms with E-state index >= 15 is 0 Å². The van der Waals surface area contributed by atoms with Gasteiger partial charge in [-0.1, -0.05) is 0 Å². The van der Waals surface area contributed by atoms with Gasteiger partial charge in [0, 0.05) is 16.5 Å². The van der Waals surface area contributed by atoms with E-state index in [9.17, 15) is 4.79 Å². The Morgan fingerprint density at radius 2 is 2.20 bits per heavy atom. The molecular weight excluding hydrogens is 294 g/mol. The summed E-state index contributed by atoms with van der Waals surface area (Å²) in [4.78, 5) is 21.5. The Hall–Kier alpha value is -1.99. The highest BCUT2D eigenvalue weighted by molar-refractivity contribution is 7.15. The summed E-state index contributed by atoms with van der Waals surface area (Å²) in [6.07, 6.45) is 1.72. The Bertz CT molecular complexity index is 757. The molecule has 3 heterocycles. The van der Waals surface area contributed by atoms with Crippen LogP contribution >= 0.6 is 22.7 Å². The normalized spacial score (nSPS) is 10.7. The predicted molar refractivity (Wildman–Crippen MR) is 79.4 cm³/mol. The highest BCUT2D eigenvalue weighted by Gasteiger charge is 2.14. The summed E-state index contributed by atoms with van der Waals surface area (Å²) in [6.45, 7) is 3.81. The lowest BCUT2D eigenvalue weighted by Gasteiger charge is -1.96. The van der Waals surface area contributed by atoms with Gasteiger partial charge >= 0.3 is 0 Å². The van der Waals surface area contributed by atoms with Crippen molar-refractivity contribution in [2.24, 2.45) is 0 Å². The van der Waals surface area contributed by atoms with E-state index in [1.54, 1.807) is 11.6 Å². The second-order valence-electron chi connectivity index (χ2n) is 4.18. The second-order valence-corrected chi connectivity index (χ2v) is 6.27. The van der Waals surface area contributed by atoms with Crippen LogP contribution in [0.3, 0.4) is 0 Å². The minimum absolute atomic E-state index is 0.259. The fourth-order valence-electron chi connectivity index (χ4n) is 1.61. The highest BCUT2D eigenvalue weighted by Crippen LogP contribution is 2.26. The quantitative estimate of drug-likeness (QED) is 0.800. The van der Waals surface area contributed by atoms with Gasteiger partial charge in [-0.05, 0) is 26.0 Å². The van der Waals surface area contributed by atoms with Crippen LogP contribution in [0.2, 0.25) is 0 Å². The van der Waals surface area contributed by atoms with E-state index in [1.807, 2.05) is 26.0 Å². The number of anilines is 1. The van der Waals surface area contributed by atoms with Crippen molar-refractivity contribution in [2.75, 3.05) is 5.32 Å². The van der Waals surface area contributed by atoms with Gasteiger partial charge in [0.2, 0.25) is 0 Å². The predicted octanol–water partition coefficient (Wildman–Crippen LogP) is 3.73. The summed E-state index contributed by atoms with van der Waals surface area (Å²) in [5.41, 5.74) is 0.368. The molecule has 7 heteroatoms. The number of aromatic nitrogens is 2. The molecule has 0 bridgehead atoms. The zero-order valence-electron chi connectivity index (χ0n) is 10.8. The number of nitrogens with one attached hydrogen (secondary N) is 1. The number of nitrogens with zero attached hydrogens (tertiary/aromatic N) is 2. The van der Waals surface area contributed by atoms with Crippen molar-refractivity contribution in [3.05, 3.63) is 40.0 Å². The van der Waals surface area contributed by atoms with Gasteiger partial charge in [-0.25, -0.2) is 9.97 Å². The van der Waals surface area contributed by atoms with E-state index in [0.717, 1.165) is 10.6 Å². The number of hydrogen-bond acceptors (Lipinski definition) is 6. The van der Waals surface area contributed by atoms with Gasteiger partial charge in [0.05, 0.1) is 0 Å². The molecule has 0 aliphatic rings. The Labute approximate surface area is 123 Å². The Kier molecular flexibility index (Phi) is 3.37. The second kappa shape index (κ2) is 5.18. The first-order valence-electron chi connectivity index (χ1n) is 5.88. The van der Waals surface area contributed by atoms with Crippen molar-refractivity contribution in [3.8, 4) is 10.8 Å². The maximum atomic E-state index is 12.0. The molecule has 102 valence electrons. The third-order valence-electron chi connectivity index (χ3n) is 2.53. The molecule has 0 saturated heterocycles. The van der Waals surface area contributed by atoms with Crippen molar-refractivity contribution < 1.29 is 9.21 Å². The zero-order chi connectivity index (χ0) is 14.1. The number of hydrogen-bond donors (Lipinski definition) is 1. The van der Waals surface area contributed by atoms with Gasteiger partial charge in [0.15, 0.2) is 15.9 Å². The van der Waals surface area contributed by atoms with Gasteiger partial charge in [0.25, 0.3) is 5.91 Å². The average Bonchev–Trinajstić information content (AvgIpc) is 3.10. The summed E-state index contributed by atoms with van der Waals surface area (Å²) >= 11 is 2.81. The Balaban J connectivity index is 1.78. The summed E-state index contributed by atoms with van der Waals surface area (Å²) < 4.78 is 5.49. The van der Waals surface area contributed by atoms with Crippen molar-refractivity contribution in [1.29, 1.82) is 0 Å². The molecule has 5 nitrogen and oxygen atoms in total. The van der Waals surface area contributed by atoms with Gasteiger partial charge in [-0.15, -0.1) is 22.7 Å². The van der Waals surface area contributed by atoms with Crippen LogP contribution in [-0.4, -0.2) is 15.9 Å². The molecule has 0 radical (unpaired) electrons. The first-order chi connectivity index (χ1) is 9.61. The molecule has 1 N–H and O–H groups in total. The molecule has 0 saturated carbocycles. The first-order valence-corrected chi connectivity index (χ1v) is 7.57. The number of aryl methyl sites for hydroxylation is 2. The maximum absolute atomic E-state index is 12.0. The number of carbonyl (C=O) groups is 1. The van der Waals surface area contributed by atoms with Crippen LogP contribution < -0.4 is 5.32 Å². The monoisotopic (exact) mass is 305 g/mol. The molecule has 20 heavy (non-hydrogen) atoms. The Morgan fingerprint density at radius 3 is 2.85 bits per heavy atom. The average molecular weight is 305 g/mol. The molecule has 0 atom stereocenters. The zero-order valence-corrected chi connectivity index (χ0v) is 12.5. The van der Waals surface area contributed by atoms with Crippen LogP contribution in [-0.2, 0) is 0 Å². The third kappa shape index (κ3) is 2.63. The molecule has 0 aliphatic carbocycles. The molecule has 3 aromatic rings. The lowest BCUT2D eigenvalue weighted by atomic mass is 10.4. The van der Waals surface area contributed by atoms with Crippen LogP contribution in [0.1, 0.15) is 21.1 Å². The van der Waals surface area contributed by atoms with Crippen LogP contribution in [0.15, 0.2) is 28.1 Å². The standard InChI is InChI=1S/C13H11N3O2S2/c1-7-3-4-10(18-7)12-15-9(6-19-12)11(17)16-13-14-5-8(2)20-13/h3-6H,1-2H3,(H,14,16,17). The van der Waals surface area contributed by atoms with E-state index in [0.29, 0.717) is 21.6 Å². The number of thiazole rings is 2. The lowest BCUT2D eigenvalue weighted by Crippen LogP contribution is -2.11. The summed E-state index contributed by atoms with van der Waals surface area (Å²) in [6, 6.07) is 3.72. The fraction of sp³-hybridized carbons (Fsp3) is 0.154. The van der Waals surface area contributed by atoms with Crippen LogP contribution in [0.4, 0.5) is 5.13 Å². The minimum Gasteiger partial charge on any atom is -0.459 e. The molecule has 0 aliphatic heterocycles. The highest BCUT2D eigenvalue weighted by atomic mass is 32.1. The Morgan fingerprint density at radius 1 is 1.35 bits per heavy atom. The van der Waals surface area contributed by atoms with Gasteiger partial charge < -0.3 is 4.42 Å². The van der Waals surface area contributed by atoms with Crippen LogP contribution in [0.25, 0.3) is 10.8 Å². The smallest absolute Gasteiger partial charge is 0.276 e. The van der Waals surface area contributed by atoms with Crippen molar-refractivity contribution >= 4 is 33.7 Å².